The number of amides is 1. The highest BCUT2D eigenvalue weighted by Crippen LogP contribution is 2.24. The molecule has 0 aliphatic carbocycles. The number of carbonyl (C=O) groups excluding carboxylic acids is 1. The monoisotopic (exact) mass is 380 g/mol. The molecule has 1 aliphatic heterocycles. The smallest absolute Gasteiger partial charge is 0.259 e. The minimum atomic E-state index is -0.0690. The van der Waals surface area contributed by atoms with Crippen LogP contribution >= 0.6 is 0 Å². The first-order valence-electron chi connectivity index (χ1n) is 9.12. The van der Waals surface area contributed by atoms with Crippen molar-refractivity contribution < 1.29 is 14.1 Å². The molecule has 0 radical (unpaired) electrons. The Morgan fingerprint density at radius 3 is 3.07 bits per heavy atom. The first-order valence-corrected chi connectivity index (χ1v) is 9.12. The predicted molar refractivity (Wildman–Crippen MR) is 98.4 cm³/mol. The number of aromatic nitrogens is 5. The Bertz CT molecular complexity index is 946. The van der Waals surface area contributed by atoms with Gasteiger partial charge in [-0.3, -0.25) is 9.78 Å². The zero-order valence-electron chi connectivity index (χ0n) is 15.5. The lowest BCUT2D eigenvalue weighted by atomic mass is 9.94. The summed E-state index contributed by atoms with van der Waals surface area (Å²) in [5.74, 6) is 1.49. The van der Waals surface area contributed by atoms with Gasteiger partial charge in [0, 0.05) is 38.1 Å². The second kappa shape index (κ2) is 8.12. The van der Waals surface area contributed by atoms with Crippen LogP contribution in [0.25, 0.3) is 11.5 Å². The van der Waals surface area contributed by atoms with E-state index in [0.29, 0.717) is 48.4 Å². The third-order valence-electron chi connectivity index (χ3n) is 4.72. The molecule has 1 unspecified atom stereocenters. The third kappa shape index (κ3) is 3.83. The van der Waals surface area contributed by atoms with Gasteiger partial charge in [-0.1, -0.05) is 5.16 Å². The molecule has 3 aromatic rings. The second-order valence-corrected chi connectivity index (χ2v) is 6.63. The molecule has 0 spiro atoms. The first-order chi connectivity index (χ1) is 13.7. The van der Waals surface area contributed by atoms with Crippen molar-refractivity contribution in [3.05, 3.63) is 48.4 Å². The van der Waals surface area contributed by atoms with Crippen LogP contribution in [-0.2, 0) is 6.42 Å². The molecule has 1 amide bonds. The van der Waals surface area contributed by atoms with E-state index < -0.39 is 0 Å². The minimum absolute atomic E-state index is 0.0690. The maximum absolute atomic E-state index is 12.9. The second-order valence-electron chi connectivity index (χ2n) is 6.63. The Balaban J connectivity index is 1.43. The summed E-state index contributed by atoms with van der Waals surface area (Å²) in [6.45, 7) is 1.34. The number of pyridine rings is 1. The van der Waals surface area contributed by atoms with Crippen molar-refractivity contribution in [2.45, 2.75) is 19.3 Å². The van der Waals surface area contributed by atoms with E-state index in [-0.39, 0.29) is 11.8 Å². The van der Waals surface area contributed by atoms with Gasteiger partial charge in [-0.2, -0.15) is 4.98 Å². The summed E-state index contributed by atoms with van der Waals surface area (Å²) in [6.07, 6.45) is 8.91. The van der Waals surface area contributed by atoms with Crippen molar-refractivity contribution in [3.63, 3.8) is 0 Å². The molecule has 1 fully saturated rings. The summed E-state index contributed by atoms with van der Waals surface area (Å²) in [7, 11) is 1.52. The predicted octanol–water partition coefficient (Wildman–Crippen LogP) is 2.03. The summed E-state index contributed by atoms with van der Waals surface area (Å²) in [5.41, 5.74) is 1.05. The highest BCUT2D eigenvalue weighted by molar-refractivity contribution is 5.96. The normalized spacial score (nSPS) is 16.8. The van der Waals surface area contributed by atoms with Gasteiger partial charge >= 0.3 is 0 Å². The maximum Gasteiger partial charge on any atom is 0.259 e. The average Bonchev–Trinajstić information content (AvgIpc) is 3.22. The van der Waals surface area contributed by atoms with Gasteiger partial charge in [-0.15, -0.1) is 0 Å². The SMILES string of the molecule is COc1ncccc1C(=O)N1CCCC(Cc2nc(-c3cnccn3)no2)C1. The fraction of sp³-hybridized carbons (Fsp3) is 0.368. The maximum atomic E-state index is 12.9. The topological polar surface area (TPSA) is 107 Å². The summed E-state index contributed by atoms with van der Waals surface area (Å²) in [6, 6.07) is 3.48. The molecule has 3 aromatic heterocycles. The van der Waals surface area contributed by atoms with Gasteiger partial charge in [-0.25, -0.2) is 9.97 Å². The standard InChI is InChI=1S/C19H20N6O3/c1-27-18-14(5-2-6-22-18)19(26)25-9-3-4-13(12-25)10-16-23-17(24-28-16)15-11-20-7-8-21-15/h2,5-8,11,13H,3-4,9-10,12H2,1H3. The van der Waals surface area contributed by atoms with Crippen molar-refractivity contribution in [3.8, 4) is 17.4 Å². The lowest BCUT2D eigenvalue weighted by Crippen LogP contribution is -2.40. The summed E-state index contributed by atoms with van der Waals surface area (Å²) in [4.78, 5) is 31.5. The van der Waals surface area contributed by atoms with Crippen molar-refractivity contribution >= 4 is 5.91 Å². The van der Waals surface area contributed by atoms with Gasteiger partial charge in [0.2, 0.25) is 17.6 Å². The molecule has 0 N–H and O–H groups in total. The number of rotatable bonds is 5. The van der Waals surface area contributed by atoms with Crippen LogP contribution in [0.5, 0.6) is 5.88 Å². The zero-order chi connectivity index (χ0) is 19.3. The van der Waals surface area contributed by atoms with E-state index in [1.807, 2.05) is 4.90 Å². The van der Waals surface area contributed by atoms with Gasteiger partial charge in [0.1, 0.15) is 11.3 Å². The van der Waals surface area contributed by atoms with E-state index in [1.165, 1.54) is 7.11 Å². The molecule has 144 valence electrons. The number of likely N-dealkylation sites (tertiary alicyclic amines) is 1. The molecule has 1 atom stereocenters. The van der Waals surface area contributed by atoms with Crippen LogP contribution < -0.4 is 4.74 Å². The van der Waals surface area contributed by atoms with Crippen LogP contribution in [-0.4, -0.2) is 56.1 Å². The Hall–Kier alpha value is -3.36. The number of nitrogens with zero attached hydrogens (tertiary/aromatic N) is 6. The number of piperidine rings is 1. The molecule has 4 heterocycles. The van der Waals surface area contributed by atoms with Crippen LogP contribution in [0.15, 0.2) is 41.4 Å². The molecule has 0 bridgehead atoms. The van der Waals surface area contributed by atoms with Crippen LogP contribution in [0, 0.1) is 5.92 Å². The highest BCUT2D eigenvalue weighted by Gasteiger charge is 2.28. The van der Waals surface area contributed by atoms with Gasteiger partial charge in [0.25, 0.3) is 5.91 Å². The fourth-order valence-electron chi connectivity index (χ4n) is 3.41. The molecule has 1 aliphatic rings. The molecule has 28 heavy (non-hydrogen) atoms. The zero-order valence-corrected chi connectivity index (χ0v) is 15.5. The van der Waals surface area contributed by atoms with Crippen molar-refractivity contribution in [2.75, 3.05) is 20.2 Å². The summed E-state index contributed by atoms with van der Waals surface area (Å²) >= 11 is 0. The molecular formula is C19H20N6O3. The first kappa shape index (κ1) is 18.0. The molecule has 0 aromatic carbocycles. The quantitative estimate of drug-likeness (QED) is 0.662. The lowest BCUT2D eigenvalue weighted by Gasteiger charge is -2.32. The fourth-order valence-corrected chi connectivity index (χ4v) is 3.41. The Kier molecular flexibility index (Phi) is 5.22. The van der Waals surface area contributed by atoms with Gasteiger partial charge in [0.15, 0.2) is 0 Å². The third-order valence-corrected chi connectivity index (χ3v) is 4.72. The molecule has 9 nitrogen and oxygen atoms in total. The Morgan fingerprint density at radius 1 is 1.32 bits per heavy atom. The van der Waals surface area contributed by atoms with E-state index in [1.54, 1.807) is 36.9 Å². The summed E-state index contributed by atoms with van der Waals surface area (Å²) < 4.78 is 10.6. The van der Waals surface area contributed by atoms with Crippen LogP contribution in [0.1, 0.15) is 29.1 Å². The van der Waals surface area contributed by atoms with E-state index >= 15 is 0 Å². The number of methoxy groups -OCH3 is 1. The van der Waals surface area contributed by atoms with Gasteiger partial charge < -0.3 is 14.2 Å². The molecule has 4 rings (SSSR count). The average molecular weight is 380 g/mol. The van der Waals surface area contributed by atoms with Gasteiger partial charge in [-0.05, 0) is 30.9 Å². The van der Waals surface area contributed by atoms with E-state index in [0.717, 1.165) is 12.8 Å². The number of hydrogen-bond donors (Lipinski definition) is 0. The molecule has 1 saturated heterocycles. The number of ether oxygens (including phenoxy) is 1. The van der Waals surface area contributed by atoms with Crippen molar-refractivity contribution in [2.24, 2.45) is 5.92 Å². The Labute approximate surface area is 161 Å². The minimum Gasteiger partial charge on any atom is -0.480 e. The summed E-state index contributed by atoms with van der Waals surface area (Å²) in [5, 5.41) is 3.98. The number of hydrogen-bond acceptors (Lipinski definition) is 8. The Morgan fingerprint density at radius 2 is 2.25 bits per heavy atom. The van der Waals surface area contributed by atoms with Crippen LogP contribution in [0.4, 0.5) is 0 Å². The lowest BCUT2D eigenvalue weighted by molar-refractivity contribution is 0.0664. The van der Waals surface area contributed by atoms with Crippen molar-refractivity contribution in [1.82, 2.24) is 30.0 Å². The molecule has 9 heteroatoms. The molecule has 0 saturated carbocycles. The van der Waals surface area contributed by atoms with Gasteiger partial charge in [0.05, 0.1) is 13.3 Å². The number of carbonyl (C=O) groups is 1. The van der Waals surface area contributed by atoms with E-state index in [4.69, 9.17) is 9.26 Å². The largest absolute Gasteiger partial charge is 0.480 e. The van der Waals surface area contributed by atoms with E-state index in [2.05, 4.69) is 25.1 Å². The molecular weight excluding hydrogens is 360 g/mol. The highest BCUT2D eigenvalue weighted by atomic mass is 16.5. The van der Waals surface area contributed by atoms with E-state index in [9.17, 15) is 4.79 Å². The van der Waals surface area contributed by atoms with Crippen LogP contribution in [0.2, 0.25) is 0 Å². The van der Waals surface area contributed by atoms with Crippen LogP contribution in [0.3, 0.4) is 0 Å². The van der Waals surface area contributed by atoms with Crippen molar-refractivity contribution in [1.29, 1.82) is 0 Å².